The van der Waals surface area contributed by atoms with Crippen molar-refractivity contribution in [1.82, 2.24) is 14.9 Å². The summed E-state index contributed by atoms with van der Waals surface area (Å²) in [6.07, 6.45) is -0.483. The second-order valence-electron chi connectivity index (χ2n) is 6.62. The monoisotopic (exact) mass is 347 g/mol. The highest BCUT2D eigenvalue weighted by molar-refractivity contribution is 5.95. The number of carbonyl (C=O) groups is 1. The highest BCUT2D eigenvalue weighted by Crippen LogP contribution is 2.38. The molecule has 2 N–H and O–H groups in total. The Balaban J connectivity index is 2.11. The number of fused-ring (bicyclic) bond motifs is 1. The van der Waals surface area contributed by atoms with E-state index >= 15 is 0 Å². The van der Waals surface area contributed by atoms with Crippen LogP contribution in [0.5, 0.6) is 0 Å². The van der Waals surface area contributed by atoms with E-state index in [4.69, 9.17) is 5.11 Å². The summed E-state index contributed by atoms with van der Waals surface area (Å²) in [6, 6.07) is 2.97. The SMILES string of the molecule is CC(C)c1nc2c(N3CC[C@@H](NC(=O)O)C3)c([N+](=O)[O-])ccc2n1C. The zero-order valence-corrected chi connectivity index (χ0v) is 14.4. The van der Waals surface area contributed by atoms with Gasteiger partial charge in [0.2, 0.25) is 0 Å². The molecule has 1 fully saturated rings. The van der Waals surface area contributed by atoms with Crippen LogP contribution in [0, 0.1) is 10.1 Å². The summed E-state index contributed by atoms with van der Waals surface area (Å²) in [5.74, 6) is 1.04. The lowest BCUT2D eigenvalue weighted by molar-refractivity contribution is -0.384. The standard InChI is InChI=1S/C16H21N5O4/c1-9(2)15-18-13-11(19(15)3)4-5-12(21(24)25)14(13)20-7-6-10(8-20)17-16(22)23/h4-5,9-10,17H,6-8H2,1-3H3,(H,22,23)/t10-/m1/s1. The van der Waals surface area contributed by atoms with Crippen LogP contribution in [-0.2, 0) is 7.05 Å². The maximum absolute atomic E-state index is 11.5. The van der Waals surface area contributed by atoms with E-state index in [1.54, 1.807) is 6.07 Å². The maximum atomic E-state index is 11.5. The van der Waals surface area contributed by atoms with Crippen molar-refractivity contribution in [3.05, 3.63) is 28.1 Å². The van der Waals surface area contributed by atoms with Crippen molar-refractivity contribution in [1.29, 1.82) is 0 Å². The van der Waals surface area contributed by atoms with E-state index in [1.165, 1.54) is 6.07 Å². The number of hydrogen-bond acceptors (Lipinski definition) is 5. The third kappa shape index (κ3) is 2.97. The van der Waals surface area contributed by atoms with Gasteiger partial charge < -0.3 is 19.9 Å². The molecule has 1 amide bonds. The molecule has 1 aliphatic heterocycles. The van der Waals surface area contributed by atoms with Crippen LogP contribution in [0.15, 0.2) is 12.1 Å². The molecule has 9 nitrogen and oxygen atoms in total. The number of benzene rings is 1. The van der Waals surface area contributed by atoms with E-state index in [2.05, 4.69) is 10.3 Å². The molecule has 9 heteroatoms. The molecule has 0 spiro atoms. The molecule has 134 valence electrons. The fourth-order valence-electron chi connectivity index (χ4n) is 3.48. The van der Waals surface area contributed by atoms with Gasteiger partial charge in [-0.1, -0.05) is 13.8 Å². The highest BCUT2D eigenvalue weighted by atomic mass is 16.6. The molecule has 1 aromatic heterocycles. The van der Waals surface area contributed by atoms with Crippen LogP contribution in [0.4, 0.5) is 16.2 Å². The highest BCUT2D eigenvalue weighted by Gasteiger charge is 2.32. The van der Waals surface area contributed by atoms with Gasteiger partial charge in [-0.3, -0.25) is 10.1 Å². The zero-order valence-electron chi connectivity index (χ0n) is 14.4. The first kappa shape index (κ1) is 17.0. The van der Waals surface area contributed by atoms with Crippen LogP contribution in [-0.4, -0.2) is 44.8 Å². The first-order chi connectivity index (χ1) is 11.8. The molecular formula is C16H21N5O4. The second-order valence-corrected chi connectivity index (χ2v) is 6.62. The number of anilines is 1. The minimum atomic E-state index is -1.08. The number of amides is 1. The summed E-state index contributed by atoms with van der Waals surface area (Å²) < 4.78 is 1.95. The van der Waals surface area contributed by atoms with Crippen molar-refractivity contribution in [3.63, 3.8) is 0 Å². The molecule has 0 unspecified atom stereocenters. The lowest BCUT2D eigenvalue weighted by atomic mass is 10.2. The van der Waals surface area contributed by atoms with E-state index < -0.39 is 11.0 Å². The second kappa shape index (κ2) is 6.23. The zero-order chi connectivity index (χ0) is 18.3. The van der Waals surface area contributed by atoms with Crippen molar-refractivity contribution in [2.75, 3.05) is 18.0 Å². The number of imidazole rings is 1. The number of nitro groups is 1. The first-order valence-electron chi connectivity index (χ1n) is 8.17. The predicted octanol–water partition coefficient (Wildman–Crippen LogP) is 2.45. The fourth-order valence-corrected chi connectivity index (χ4v) is 3.48. The third-order valence-electron chi connectivity index (χ3n) is 4.59. The summed E-state index contributed by atoms with van der Waals surface area (Å²) in [5.41, 5.74) is 1.90. The van der Waals surface area contributed by atoms with Crippen molar-refractivity contribution >= 4 is 28.5 Å². The summed E-state index contributed by atoms with van der Waals surface area (Å²) in [6.45, 7) is 4.98. The van der Waals surface area contributed by atoms with Crippen molar-refractivity contribution in [2.45, 2.75) is 32.2 Å². The van der Waals surface area contributed by atoms with Gasteiger partial charge in [-0.2, -0.15) is 0 Å². The Morgan fingerprint density at radius 3 is 2.80 bits per heavy atom. The summed E-state index contributed by atoms with van der Waals surface area (Å²) in [5, 5.41) is 22.9. The molecule has 0 bridgehead atoms. The van der Waals surface area contributed by atoms with E-state index in [0.717, 1.165) is 11.3 Å². The van der Waals surface area contributed by atoms with E-state index in [0.29, 0.717) is 30.7 Å². The molecule has 1 aliphatic rings. The molecule has 25 heavy (non-hydrogen) atoms. The third-order valence-corrected chi connectivity index (χ3v) is 4.59. The fraction of sp³-hybridized carbons (Fsp3) is 0.500. The molecule has 0 aliphatic carbocycles. The first-order valence-corrected chi connectivity index (χ1v) is 8.17. The number of nitrogens with one attached hydrogen (secondary N) is 1. The van der Waals surface area contributed by atoms with Crippen LogP contribution >= 0.6 is 0 Å². The number of carboxylic acid groups (broad SMARTS) is 1. The minimum Gasteiger partial charge on any atom is -0.465 e. The normalized spacial score (nSPS) is 17.4. The Morgan fingerprint density at radius 2 is 2.20 bits per heavy atom. The van der Waals surface area contributed by atoms with Gasteiger partial charge in [-0.05, 0) is 12.5 Å². The molecule has 0 saturated carbocycles. The number of nitro benzene ring substituents is 1. The molecule has 1 aromatic carbocycles. The van der Waals surface area contributed by atoms with Crippen molar-refractivity contribution in [3.8, 4) is 0 Å². The molecule has 1 atom stereocenters. The van der Waals surface area contributed by atoms with Gasteiger partial charge in [0.05, 0.1) is 16.5 Å². The smallest absolute Gasteiger partial charge is 0.404 e. The predicted molar refractivity (Wildman–Crippen MR) is 93.2 cm³/mol. The van der Waals surface area contributed by atoms with Gasteiger partial charge in [0, 0.05) is 32.1 Å². The van der Waals surface area contributed by atoms with Crippen LogP contribution in [0.2, 0.25) is 0 Å². The van der Waals surface area contributed by atoms with Gasteiger partial charge in [0.25, 0.3) is 5.69 Å². The van der Waals surface area contributed by atoms with Gasteiger partial charge >= 0.3 is 6.09 Å². The number of aromatic nitrogens is 2. The van der Waals surface area contributed by atoms with E-state index in [-0.39, 0.29) is 17.6 Å². The Kier molecular flexibility index (Phi) is 4.23. The van der Waals surface area contributed by atoms with Gasteiger partial charge in [0.15, 0.2) is 0 Å². The van der Waals surface area contributed by atoms with Crippen LogP contribution in [0.25, 0.3) is 11.0 Å². The topological polar surface area (TPSA) is 114 Å². The van der Waals surface area contributed by atoms with E-state index in [9.17, 15) is 14.9 Å². The Hall–Kier alpha value is -2.84. The van der Waals surface area contributed by atoms with E-state index in [1.807, 2.05) is 30.4 Å². The lowest BCUT2D eigenvalue weighted by Crippen LogP contribution is -2.36. The number of rotatable bonds is 4. The molecular weight excluding hydrogens is 326 g/mol. The van der Waals surface area contributed by atoms with Crippen LogP contribution in [0.1, 0.15) is 32.0 Å². The van der Waals surface area contributed by atoms with Gasteiger partial charge in [-0.15, -0.1) is 0 Å². The Bertz CT molecular complexity index is 845. The summed E-state index contributed by atoms with van der Waals surface area (Å²) in [4.78, 5) is 28.5. The largest absolute Gasteiger partial charge is 0.465 e. The Labute approximate surface area is 144 Å². The van der Waals surface area contributed by atoms with Crippen LogP contribution in [0.3, 0.4) is 0 Å². The molecule has 2 heterocycles. The lowest BCUT2D eigenvalue weighted by Gasteiger charge is -2.19. The maximum Gasteiger partial charge on any atom is 0.404 e. The average Bonchev–Trinajstić information content (AvgIpc) is 3.10. The molecule has 2 aromatic rings. The van der Waals surface area contributed by atoms with Gasteiger partial charge in [-0.25, -0.2) is 9.78 Å². The molecule has 1 saturated heterocycles. The number of nitrogens with zero attached hydrogens (tertiary/aromatic N) is 4. The molecule has 0 radical (unpaired) electrons. The van der Waals surface area contributed by atoms with Crippen molar-refractivity contribution in [2.24, 2.45) is 7.05 Å². The molecule has 3 rings (SSSR count). The average molecular weight is 347 g/mol. The Morgan fingerprint density at radius 1 is 1.48 bits per heavy atom. The van der Waals surface area contributed by atoms with Crippen molar-refractivity contribution < 1.29 is 14.8 Å². The summed E-state index contributed by atoms with van der Waals surface area (Å²) in [7, 11) is 1.90. The van der Waals surface area contributed by atoms with Crippen LogP contribution < -0.4 is 10.2 Å². The number of hydrogen-bond donors (Lipinski definition) is 2. The number of aryl methyl sites for hydroxylation is 1. The summed E-state index contributed by atoms with van der Waals surface area (Å²) >= 11 is 0. The van der Waals surface area contributed by atoms with Gasteiger partial charge in [0.1, 0.15) is 17.0 Å². The quantitative estimate of drug-likeness (QED) is 0.649. The minimum absolute atomic E-state index is 0.00289.